The molecule has 0 saturated heterocycles. The van der Waals surface area contributed by atoms with E-state index in [0.717, 1.165) is 38.8 Å². The minimum atomic E-state index is -0.524. The van der Waals surface area contributed by atoms with Crippen molar-refractivity contribution in [3.8, 4) is 62.1 Å². The Labute approximate surface area is 346 Å². The molecule has 0 atom stereocenters. The number of benzene rings is 9. The highest BCUT2D eigenvalue weighted by Crippen LogP contribution is 2.65. The number of hydrogen-bond donors (Lipinski definition) is 0. The molecule has 278 valence electrons. The van der Waals surface area contributed by atoms with E-state index in [0.29, 0.717) is 17.5 Å². The number of rotatable bonds is 4. The zero-order chi connectivity index (χ0) is 39.4. The highest BCUT2D eigenvalue weighted by Gasteiger charge is 2.53. The predicted molar refractivity (Wildman–Crippen MR) is 244 cm³/mol. The van der Waals surface area contributed by atoms with Gasteiger partial charge in [0.2, 0.25) is 0 Å². The van der Waals surface area contributed by atoms with Crippen LogP contribution in [0.3, 0.4) is 0 Å². The Morgan fingerprint density at radius 1 is 0.350 bits per heavy atom. The van der Waals surface area contributed by atoms with Crippen LogP contribution in [0.2, 0.25) is 0 Å². The van der Waals surface area contributed by atoms with Crippen LogP contribution in [0.25, 0.3) is 94.7 Å². The summed E-state index contributed by atoms with van der Waals surface area (Å²) in [6, 6.07) is 74.2. The number of fused-ring (bicyclic) bond motifs is 15. The third-order valence-electron chi connectivity index (χ3n) is 12.8. The fourth-order valence-electron chi connectivity index (χ4n) is 10.5. The van der Waals surface area contributed by atoms with E-state index in [9.17, 15) is 0 Å². The highest BCUT2D eigenvalue weighted by molar-refractivity contribution is 6.10. The molecule has 2 aliphatic rings. The minimum Gasteiger partial charge on any atom is -0.309 e. The largest absolute Gasteiger partial charge is 0.309 e. The predicted octanol–water partition coefficient (Wildman–Crippen LogP) is 13.5. The van der Waals surface area contributed by atoms with Crippen molar-refractivity contribution in [2.75, 3.05) is 0 Å². The first-order valence-electron chi connectivity index (χ1n) is 20.5. The first-order valence-corrected chi connectivity index (χ1v) is 20.5. The molecule has 11 aromatic rings. The lowest BCUT2D eigenvalue weighted by molar-refractivity contribution is 0.801. The molecule has 0 aliphatic heterocycles. The van der Waals surface area contributed by atoms with Gasteiger partial charge in [0, 0.05) is 33.2 Å². The van der Waals surface area contributed by atoms with Gasteiger partial charge in [0.15, 0.2) is 17.5 Å². The summed E-state index contributed by atoms with van der Waals surface area (Å²) in [5, 5.41) is 4.83. The van der Waals surface area contributed by atoms with E-state index in [2.05, 4.69) is 193 Å². The second-order valence-corrected chi connectivity index (χ2v) is 15.9. The lowest BCUT2D eigenvalue weighted by Crippen LogP contribution is -2.26. The van der Waals surface area contributed by atoms with Crippen molar-refractivity contribution < 1.29 is 0 Å². The molecule has 9 aromatic carbocycles. The molecule has 0 amide bonds. The summed E-state index contributed by atoms with van der Waals surface area (Å²) in [4.78, 5) is 16.1. The summed E-state index contributed by atoms with van der Waals surface area (Å²) in [6.45, 7) is 0. The van der Waals surface area contributed by atoms with E-state index in [4.69, 9.17) is 15.0 Å². The van der Waals surface area contributed by atoms with E-state index in [-0.39, 0.29) is 0 Å². The van der Waals surface area contributed by atoms with Crippen molar-refractivity contribution in [3.05, 3.63) is 229 Å². The summed E-state index contributed by atoms with van der Waals surface area (Å²) in [5.41, 5.74) is 15.8. The lowest BCUT2D eigenvalue weighted by Gasteiger charge is -2.31. The summed E-state index contributed by atoms with van der Waals surface area (Å²) in [7, 11) is 0. The van der Waals surface area contributed by atoms with Gasteiger partial charge in [0.05, 0.1) is 16.4 Å². The van der Waals surface area contributed by atoms with Crippen molar-refractivity contribution >= 4 is 32.6 Å². The van der Waals surface area contributed by atoms with Gasteiger partial charge in [0.25, 0.3) is 0 Å². The molecule has 4 heteroatoms. The van der Waals surface area contributed by atoms with Crippen LogP contribution >= 0.6 is 0 Å². The molecule has 0 bridgehead atoms. The topological polar surface area (TPSA) is 43.6 Å². The summed E-state index contributed by atoms with van der Waals surface area (Å²) < 4.78 is 2.35. The Morgan fingerprint density at radius 2 is 0.850 bits per heavy atom. The fraction of sp³-hybridized carbons (Fsp3) is 0.0179. The SMILES string of the molecule is c1ccc(-c2nc(-c3cccc(-n4c5ccccc5c5ccccc54)c3)nc(-c3cc4ccccc4c4c3-c3ccccc3C43c4ccccc4-c4ccccc43)n2)cc1. The maximum atomic E-state index is 5.48. The quantitative estimate of drug-likeness (QED) is 0.179. The van der Waals surface area contributed by atoms with E-state index < -0.39 is 5.41 Å². The van der Waals surface area contributed by atoms with Crippen molar-refractivity contribution in [2.45, 2.75) is 5.41 Å². The third kappa shape index (κ3) is 4.47. The molecule has 0 unspecified atom stereocenters. The zero-order valence-electron chi connectivity index (χ0n) is 32.4. The van der Waals surface area contributed by atoms with Crippen molar-refractivity contribution in [1.29, 1.82) is 0 Å². The van der Waals surface area contributed by atoms with Gasteiger partial charge in [-0.25, -0.2) is 15.0 Å². The number of para-hydroxylation sites is 2. The van der Waals surface area contributed by atoms with E-state index in [1.54, 1.807) is 0 Å². The van der Waals surface area contributed by atoms with Crippen LogP contribution in [0, 0.1) is 0 Å². The van der Waals surface area contributed by atoms with Crippen molar-refractivity contribution in [2.24, 2.45) is 0 Å². The summed E-state index contributed by atoms with van der Waals surface area (Å²) in [5.74, 6) is 1.91. The Balaban J connectivity index is 1.11. The van der Waals surface area contributed by atoms with Crippen LogP contribution in [-0.4, -0.2) is 19.5 Å². The van der Waals surface area contributed by atoms with E-state index in [1.807, 2.05) is 18.2 Å². The van der Waals surface area contributed by atoms with Gasteiger partial charge >= 0.3 is 0 Å². The van der Waals surface area contributed by atoms with Crippen LogP contribution in [0.15, 0.2) is 206 Å². The average Bonchev–Trinajstić information content (AvgIpc) is 3.94. The Morgan fingerprint density at radius 3 is 1.53 bits per heavy atom. The van der Waals surface area contributed by atoms with Crippen molar-refractivity contribution in [3.63, 3.8) is 0 Å². The third-order valence-corrected chi connectivity index (χ3v) is 12.8. The van der Waals surface area contributed by atoms with Gasteiger partial charge in [-0.2, -0.15) is 0 Å². The fourth-order valence-corrected chi connectivity index (χ4v) is 10.5. The Kier molecular flexibility index (Phi) is 6.90. The van der Waals surface area contributed by atoms with Gasteiger partial charge < -0.3 is 4.57 Å². The number of nitrogens with zero attached hydrogens (tertiary/aromatic N) is 4. The molecule has 0 radical (unpaired) electrons. The van der Waals surface area contributed by atoms with Crippen LogP contribution < -0.4 is 0 Å². The molecule has 0 saturated carbocycles. The molecule has 0 fully saturated rings. The summed E-state index contributed by atoms with van der Waals surface area (Å²) >= 11 is 0. The zero-order valence-corrected chi connectivity index (χ0v) is 32.4. The first-order chi connectivity index (χ1) is 29.8. The van der Waals surface area contributed by atoms with Gasteiger partial charge in [-0.3, -0.25) is 0 Å². The lowest BCUT2D eigenvalue weighted by atomic mass is 9.69. The second kappa shape index (κ2) is 12.5. The second-order valence-electron chi connectivity index (χ2n) is 15.9. The summed E-state index contributed by atoms with van der Waals surface area (Å²) in [6.07, 6.45) is 0. The molecular formula is C56H34N4. The van der Waals surface area contributed by atoms with Crippen LogP contribution in [0.5, 0.6) is 0 Å². The molecule has 1 spiro atoms. The molecular weight excluding hydrogens is 729 g/mol. The minimum absolute atomic E-state index is 0.524. The molecule has 2 aliphatic carbocycles. The number of aromatic nitrogens is 4. The molecule has 0 N–H and O–H groups in total. The van der Waals surface area contributed by atoms with Crippen molar-refractivity contribution in [1.82, 2.24) is 19.5 Å². The molecule has 13 rings (SSSR count). The maximum absolute atomic E-state index is 5.48. The molecule has 4 nitrogen and oxygen atoms in total. The standard InChI is InChI=1S/C56H34N4/c1-2-17-35(18-3-1)53-57-54(37-20-16-21-38(33-37)60-49-31-14-9-25-42(49)43-26-10-15-32-50(43)60)59-55(58-53)45-34-36-19-4-5-22-39(36)52-51(45)44-27-8-13-30-48(44)56(52)46-28-11-6-23-40(46)41-24-7-12-29-47(41)56/h1-34H. The van der Waals surface area contributed by atoms with Crippen LogP contribution in [0.4, 0.5) is 0 Å². The molecule has 60 heavy (non-hydrogen) atoms. The van der Waals surface area contributed by atoms with E-state index >= 15 is 0 Å². The smallest absolute Gasteiger partial charge is 0.164 e. The highest BCUT2D eigenvalue weighted by atomic mass is 15.0. The Bertz CT molecular complexity index is 3460. The monoisotopic (exact) mass is 762 g/mol. The normalized spacial score (nSPS) is 13.1. The van der Waals surface area contributed by atoms with Gasteiger partial charge in [-0.15, -0.1) is 0 Å². The Hall–Kier alpha value is -7.95. The average molecular weight is 763 g/mol. The first kappa shape index (κ1) is 33.1. The number of hydrogen-bond acceptors (Lipinski definition) is 3. The van der Waals surface area contributed by atoms with Crippen LogP contribution in [0.1, 0.15) is 22.3 Å². The van der Waals surface area contributed by atoms with Gasteiger partial charge in [0.1, 0.15) is 0 Å². The maximum Gasteiger partial charge on any atom is 0.164 e. The molecule has 2 heterocycles. The van der Waals surface area contributed by atoms with E-state index in [1.165, 1.54) is 60.7 Å². The van der Waals surface area contributed by atoms with Crippen LogP contribution in [-0.2, 0) is 5.41 Å². The van der Waals surface area contributed by atoms with Gasteiger partial charge in [-0.05, 0) is 85.6 Å². The van der Waals surface area contributed by atoms with Gasteiger partial charge in [-0.1, -0.05) is 176 Å². The molecule has 2 aromatic heterocycles.